The first kappa shape index (κ1) is 18.9. The first-order valence-corrected chi connectivity index (χ1v) is 9.17. The predicted octanol–water partition coefficient (Wildman–Crippen LogP) is 6.18. The van der Waals surface area contributed by atoms with E-state index in [4.69, 9.17) is 4.74 Å². The third kappa shape index (κ3) is 4.36. The number of nitrogens with one attached hydrogen (secondary N) is 2. The number of carbonyl (C=O) groups excluding carboxylic acids is 1. The maximum atomic E-state index is 12.4. The highest BCUT2D eigenvalue weighted by Gasteiger charge is 2.07. The lowest BCUT2D eigenvalue weighted by molar-refractivity contribution is -0.384. The zero-order chi connectivity index (χ0) is 20.9. The number of nitro benzene ring substituents is 1. The monoisotopic (exact) mass is 399 g/mol. The summed E-state index contributed by atoms with van der Waals surface area (Å²) in [6, 6.07) is 25.8. The topological polar surface area (TPSA) is 93.5 Å². The molecule has 0 unspecified atom stereocenters. The molecule has 0 aliphatic heterocycles. The molecule has 0 aliphatic rings. The van der Waals surface area contributed by atoms with E-state index in [0.29, 0.717) is 17.2 Å². The minimum atomic E-state index is -0.465. The summed E-state index contributed by atoms with van der Waals surface area (Å²) in [5, 5.41) is 18.4. The molecule has 7 heteroatoms. The molecule has 2 amide bonds. The van der Waals surface area contributed by atoms with Crippen LogP contribution in [0.2, 0.25) is 0 Å². The van der Waals surface area contributed by atoms with Gasteiger partial charge in [0.2, 0.25) is 0 Å². The summed E-state index contributed by atoms with van der Waals surface area (Å²) in [5.41, 5.74) is 1.33. The lowest BCUT2D eigenvalue weighted by Crippen LogP contribution is -2.19. The molecule has 30 heavy (non-hydrogen) atoms. The van der Waals surface area contributed by atoms with Crippen molar-refractivity contribution in [3.8, 4) is 11.5 Å². The minimum Gasteiger partial charge on any atom is -0.457 e. The lowest BCUT2D eigenvalue weighted by Gasteiger charge is -2.11. The van der Waals surface area contributed by atoms with Gasteiger partial charge in [-0.1, -0.05) is 36.4 Å². The van der Waals surface area contributed by atoms with Crippen LogP contribution < -0.4 is 15.4 Å². The van der Waals surface area contributed by atoms with Crippen LogP contribution in [0.25, 0.3) is 10.8 Å². The Bertz CT molecular complexity index is 1200. The fraction of sp³-hybridized carbons (Fsp3) is 0. The van der Waals surface area contributed by atoms with Gasteiger partial charge in [0, 0.05) is 23.2 Å². The maximum absolute atomic E-state index is 12.4. The zero-order valence-corrected chi connectivity index (χ0v) is 15.7. The first-order valence-electron chi connectivity index (χ1n) is 9.17. The van der Waals surface area contributed by atoms with Crippen LogP contribution >= 0.6 is 0 Å². The number of hydrogen-bond acceptors (Lipinski definition) is 4. The second-order valence-corrected chi connectivity index (χ2v) is 6.48. The molecule has 0 saturated heterocycles. The van der Waals surface area contributed by atoms with Gasteiger partial charge in [-0.15, -0.1) is 0 Å². The smallest absolute Gasteiger partial charge is 0.323 e. The van der Waals surface area contributed by atoms with E-state index in [0.717, 1.165) is 16.5 Å². The maximum Gasteiger partial charge on any atom is 0.323 e. The normalized spacial score (nSPS) is 10.4. The van der Waals surface area contributed by atoms with Gasteiger partial charge < -0.3 is 15.4 Å². The molecule has 0 spiro atoms. The molecule has 0 bridgehead atoms. The van der Waals surface area contributed by atoms with Gasteiger partial charge in [0.25, 0.3) is 5.69 Å². The van der Waals surface area contributed by atoms with Crippen LogP contribution in [-0.4, -0.2) is 11.0 Å². The summed E-state index contributed by atoms with van der Waals surface area (Å²) in [6.45, 7) is 0. The van der Waals surface area contributed by atoms with Crippen molar-refractivity contribution in [1.29, 1.82) is 0 Å². The number of nitro groups is 1. The Morgan fingerprint density at radius 1 is 0.767 bits per heavy atom. The number of non-ortho nitro benzene ring substituents is 1. The molecule has 4 rings (SSSR count). The van der Waals surface area contributed by atoms with Gasteiger partial charge in [0.1, 0.15) is 11.5 Å². The highest BCUT2D eigenvalue weighted by atomic mass is 16.6. The molecule has 4 aromatic carbocycles. The second kappa shape index (κ2) is 8.32. The van der Waals surface area contributed by atoms with Gasteiger partial charge >= 0.3 is 6.03 Å². The van der Waals surface area contributed by atoms with Crippen molar-refractivity contribution in [1.82, 2.24) is 0 Å². The van der Waals surface area contributed by atoms with Crippen LogP contribution in [0.3, 0.4) is 0 Å². The number of anilines is 2. The van der Waals surface area contributed by atoms with Crippen molar-refractivity contribution in [3.63, 3.8) is 0 Å². The van der Waals surface area contributed by atoms with Crippen LogP contribution in [0.1, 0.15) is 0 Å². The fourth-order valence-corrected chi connectivity index (χ4v) is 3.00. The van der Waals surface area contributed by atoms with Crippen LogP contribution in [0, 0.1) is 10.1 Å². The van der Waals surface area contributed by atoms with Crippen molar-refractivity contribution in [2.45, 2.75) is 0 Å². The predicted molar refractivity (Wildman–Crippen MR) is 116 cm³/mol. The lowest BCUT2D eigenvalue weighted by atomic mass is 10.1. The summed E-state index contributed by atoms with van der Waals surface area (Å²) in [4.78, 5) is 22.6. The molecule has 148 valence electrons. The van der Waals surface area contributed by atoms with Crippen molar-refractivity contribution in [2.24, 2.45) is 0 Å². The van der Waals surface area contributed by atoms with E-state index < -0.39 is 4.92 Å². The molecule has 0 radical (unpaired) electrons. The Kier molecular flexibility index (Phi) is 5.25. The number of benzene rings is 4. The van der Waals surface area contributed by atoms with Gasteiger partial charge in [-0.25, -0.2) is 4.79 Å². The molecule has 0 fully saturated rings. The molecule has 2 N–H and O–H groups in total. The highest BCUT2D eigenvalue weighted by Crippen LogP contribution is 2.26. The summed E-state index contributed by atoms with van der Waals surface area (Å²) in [7, 11) is 0. The Balaban J connectivity index is 1.39. The summed E-state index contributed by atoms with van der Waals surface area (Å²) < 4.78 is 5.67. The Labute approximate surface area is 172 Å². The fourth-order valence-electron chi connectivity index (χ4n) is 3.00. The van der Waals surface area contributed by atoms with Gasteiger partial charge in [-0.2, -0.15) is 0 Å². The first-order chi connectivity index (χ1) is 14.6. The molecule has 4 aromatic rings. The number of ether oxygens (including phenoxy) is 1. The van der Waals surface area contributed by atoms with E-state index in [1.165, 1.54) is 24.3 Å². The molecule has 7 nitrogen and oxygen atoms in total. The van der Waals surface area contributed by atoms with Gasteiger partial charge in [0.15, 0.2) is 0 Å². The molecule has 0 heterocycles. The van der Waals surface area contributed by atoms with Crippen LogP contribution in [0.5, 0.6) is 11.5 Å². The van der Waals surface area contributed by atoms with E-state index in [1.807, 2.05) is 42.5 Å². The van der Waals surface area contributed by atoms with Gasteiger partial charge in [-0.3, -0.25) is 10.1 Å². The third-order valence-electron chi connectivity index (χ3n) is 4.43. The number of nitrogens with zero attached hydrogens (tertiary/aromatic N) is 1. The van der Waals surface area contributed by atoms with E-state index in [2.05, 4.69) is 10.6 Å². The van der Waals surface area contributed by atoms with E-state index in [-0.39, 0.29) is 11.7 Å². The number of urea groups is 1. The third-order valence-corrected chi connectivity index (χ3v) is 4.43. The average Bonchev–Trinajstić information content (AvgIpc) is 2.76. The van der Waals surface area contributed by atoms with Crippen molar-refractivity contribution < 1.29 is 14.5 Å². The largest absolute Gasteiger partial charge is 0.457 e. The van der Waals surface area contributed by atoms with E-state index >= 15 is 0 Å². The second-order valence-electron chi connectivity index (χ2n) is 6.48. The molecule has 0 aliphatic carbocycles. The number of rotatable bonds is 5. The Hall–Kier alpha value is -4.39. The van der Waals surface area contributed by atoms with Crippen molar-refractivity contribution in [3.05, 3.63) is 101 Å². The summed E-state index contributed by atoms with van der Waals surface area (Å²) >= 11 is 0. The molecule has 0 atom stereocenters. The van der Waals surface area contributed by atoms with Crippen molar-refractivity contribution in [2.75, 3.05) is 10.6 Å². The molecule has 0 aromatic heterocycles. The number of amides is 2. The minimum absolute atomic E-state index is 0.000829. The van der Waals surface area contributed by atoms with Crippen molar-refractivity contribution >= 4 is 33.9 Å². The number of carbonyl (C=O) groups is 1. The quantitative estimate of drug-likeness (QED) is 0.309. The molecular formula is C23H17N3O4. The number of fused-ring (bicyclic) bond motifs is 1. The molecular weight excluding hydrogens is 382 g/mol. The zero-order valence-electron chi connectivity index (χ0n) is 15.7. The molecule has 0 saturated carbocycles. The standard InChI is InChI=1S/C23H17N3O4/c27-23(25-22-7-3-5-16-4-1-2-6-21(16)22)24-17-8-12-19(13-9-17)30-20-14-10-18(11-15-20)26(28)29/h1-15H,(H2,24,25,27). The van der Waals surface area contributed by atoms with E-state index in [1.54, 1.807) is 24.3 Å². The summed E-state index contributed by atoms with van der Waals surface area (Å²) in [6.07, 6.45) is 0. The highest BCUT2D eigenvalue weighted by molar-refractivity contribution is 6.06. The number of hydrogen-bond donors (Lipinski definition) is 2. The Morgan fingerprint density at radius 2 is 1.40 bits per heavy atom. The van der Waals surface area contributed by atoms with Crippen LogP contribution in [-0.2, 0) is 0 Å². The van der Waals surface area contributed by atoms with Gasteiger partial charge in [0.05, 0.1) is 10.6 Å². The van der Waals surface area contributed by atoms with Crippen LogP contribution in [0.4, 0.5) is 21.9 Å². The Morgan fingerprint density at radius 3 is 2.10 bits per heavy atom. The summed E-state index contributed by atoms with van der Waals surface area (Å²) in [5.74, 6) is 1.03. The SMILES string of the molecule is O=C(Nc1ccc(Oc2ccc([N+](=O)[O-])cc2)cc1)Nc1cccc2ccccc12. The van der Waals surface area contributed by atoms with Crippen LogP contribution in [0.15, 0.2) is 91.0 Å². The average molecular weight is 399 g/mol. The van der Waals surface area contributed by atoms with E-state index in [9.17, 15) is 14.9 Å². The van der Waals surface area contributed by atoms with Gasteiger partial charge in [-0.05, 0) is 47.9 Å².